The summed E-state index contributed by atoms with van der Waals surface area (Å²) >= 11 is 0. The van der Waals surface area contributed by atoms with Crippen LogP contribution in [0.1, 0.15) is 16.7 Å². The average Bonchev–Trinajstić information content (AvgIpc) is 3.32. The first-order valence-electron chi connectivity index (χ1n) is 11.3. The summed E-state index contributed by atoms with van der Waals surface area (Å²) in [6.07, 6.45) is 6.58. The van der Waals surface area contributed by atoms with Gasteiger partial charge in [0.15, 0.2) is 0 Å². The highest BCUT2D eigenvalue weighted by Gasteiger charge is 2.12. The molecule has 1 aliphatic rings. The third-order valence-corrected chi connectivity index (χ3v) is 5.32. The molecule has 6 heteroatoms. The van der Waals surface area contributed by atoms with E-state index in [0.29, 0.717) is 12.2 Å². The summed E-state index contributed by atoms with van der Waals surface area (Å²) in [6, 6.07) is 25.8. The van der Waals surface area contributed by atoms with Crippen molar-refractivity contribution in [2.45, 2.75) is 13.0 Å². The maximum Gasteiger partial charge on any atom is 0.328 e. The van der Waals surface area contributed by atoms with Crippen molar-refractivity contribution in [3.05, 3.63) is 108 Å². The van der Waals surface area contributed by atoms with Crippen LogP contribution in [0, 0.1) is 0 Å². The van der Waals surface area contributed by atoms with Crippen molar-refractivity contribution in [1.29, 1.82) is 0 Å². The van der Waals surface area contributed by atoms with Gasteiger partial charge >= 0.3 is 11.9 Å². The normalized spacial score (nSPS) is 12.3. The van der Waals surface area contributed by atoms with Crippen molar-refractivity contribution in [3.63, 3.8) is 0 Å². The molecule has 0 amide bonds. The fourth-order valence-corrected chi connectivity index (χ4v) is 3.64. The highest BCUT2D eigenvalue weighted by molar-refractivity contribution is 5.89. The van der Waals surface area contributed by atoms with Gasteiger partial charge in [0, 0.05) is 31.7 Å². The maximum atomic E-state index is 9.55. The molecule has 0 aromatic heterocycles. The van der Waals surface area contributed by atoms with Crippen molar-refractivity contribution >= 4 is 18.0 Å². The van der Waals surface area contributed by atoms with Crippen LogP contribution < -0.4 is 4.74 Å². The number of aliphatic carboxylic acids is 2. The summed E-state index contributed by atoms with van der Waals surface area (Å²) in [5.41, 5.74) is 6.44. The summed E-state index contributed by atoms with van der Waals surface area (Å²) in [5.74, 6) is -1.46. The number of hydrogen-bond donors (Lipinski definition) is 2. The number of nitrogens with zero attached hydrogens (tertiary/aromatic N) is 1. The molecule has 1 heterocycles. The van der Waals surface area contributed by atoms with E-state index in [1.165, 1.54) is 27.8 Å². The van der Waals surface area contributed by atoms with Gasteiger partial charge in [-0.15, -0.1) is 0 Å². The van der Waals surface area contributed by atoms with Gasteiger partial charge in [-0.25, -0.2) is 9.59 Å². The van der Waals surface area contributed by atoms with Crippen LogP contribution in [0.15, 0.2) is 91.0 Å². The Labute approximate surface area is 205 Å². The highest BCUT2D eigenvalue weighted by Crippen LogP contribution is 2.26. The van der Waals surface area contributed by atoms with Crippen LogP contribution >= 0.6 is 0 Å². The number of carboxylic acid groups (broad SMARTS) is 2. The molecule has 35 heavy (non-hydrogen) atoms. The molecular formula is C29H29NO5. The van der Waals surface area contributed by atoms with E-state index in [1.807, 2.05) is 6.07 Å². The molecule has 0 atom stereocenters. The predicted octanol–water partition coefficient (Wildman–Crippen LogP) is 5.15. The molecule has 3 aromatic rings. The minimum absolute atomic E-state index is 0.558. The Morgan fingerprint density at radius 3 is 2.23 bits per heavy atom. The molecule has 2 N–H and O–H groups in total. The zero-order chi connectivity index (χ0) is 25.0. The minimum Gasteiger partial charge on any atom is -0.493 e. The Hall–Kier alpha value is -4.16. The standard InChI is InChI=1S/C25H25NO.C4H4O4/c1-26(19-21-11-14-25-24(18-21)15-17-27-25)16-5-6-20-9-12-23(13-10-20)22-7-3-2-4-8-22;5-3(6)1-2-4(7)8/h2-14,18H,15-17,19H2,1H3;1-2H,(H,5,6)(H,7,8)/b6-5+;2-1-. The molecule has 4 rings (SSSR count). The molecule has 0 bridgehead atoms. The van der Waals surface area contributed by atoms with Crippen molar-refractivity contribution in [2.24, 2.45) is 0 Å². The highest BCUT2D eigenvalue weighted by atomic mass is 16.5. The van der Waals surface area contributed by atoms with Gasteiger partial charge in [-0.1, -0.05) is 78.9 Å². The zero-order valence-electron chi connectivity index (χ0n) is 19.6. The zero-order valence-corrected chi connectivity index (χ0v) is 19.6. The van der Waals surface area contributed by atoms with Crippen molar-refractivity contribution in [2.75, 3.05) is 20.2 Å². The van der Waals surface area contributed by atoms with Gasteiger partial charge in [0.1, 0.15) is 5.75 Å². The largest absolute Gasteiger partial charge is 0.493 e. The first-order valence-corrected chi connectivity index (χ1v) is 11.3. The first kappa shape index (κ1) is 25.5. The van der Waals surface area contributed by atoms with E-state index in [4.69, 9.17) is 14.9 Å². The van der Waals surface area contributed by atoms with E-state index in [2.05, 4.69) is 90.8 Å². The van der Waals surface area contributed by atoms with Gasteiger partial charge in [0.25, 0.3) is 0 Å². The number of rotatable bonds is 8. The van der Waals surface area contributed by atoms with Crippen LogP contribution in [0.5, 0.6) is 5.75 Å². The topological polar surface area (TPSA) is 87.1 Å². The Morgan fingerprint density at radius 2 is 1.57 bits per heavy atom. The third-order valence-electron chi connectivity index (χ3n) is 5.32. The minimum atomic E-state index is -1.26. The molecule has 3 aromatic carbocycles. The van der Waals surface area contributed by atoms with E-state index in [9.17, 15) is 9.59 Å². The Bertz CT molecular complexity index is 1170. The summed E-state index contributed by atoms with van der Waals surface area (Å²) in [5, 5.41) is 15.6. The molecule has 0 fully saturated rings. The van der Waals surface area contributed by atoms with Crippen molar-refractivity contribution in [1.82, 2.24) is 4.90 Å². The second-order valence-corrected chi connectivity index (χ2v) is 8.14. The van der Waals surface area contributed by atoms with Crippen LogP contribution in [0.4, 0.5) is 0 Å². The van der Waals surface area contributed by atoms with E-state index >= 15 is 0 Å². The van der Waals surface area contributed by atoms with E-state index in [1.54, 1.807) is 0 Å². The summed E-state index contributed by atoms with van der Waals surface area (Å²) < 4.78 is 5.58. The van der Waals surface area contributed by atoms with Gasteiger partial charge in [0.05, 0.1) is 6.61 Å². The molecule has 0 radical (unpaired) electrons. The second-order valence-electron chi connectivity index (χ2n) is 8.14. The van der Waals surface area contributed by atoms with Gasteiger partial charge in [-0.05, 0) is 40.9 Å². The Morgan fingerprint density at radius 1 is 0.914 bits per heavy atom. The van der Waals surface area contributed by atoms with Crippen LogP contribution in [0.25, 0.3) is 17.2 Å². The van der Waals surface area contributed by atoms with Gasteiger partial charge in [0.2, 0.25) is 0 Å². The van der Waals surface area contributed by atoms with Crippen molar-refractivity contribution in [3.8, 4) is 16.9 Å². The molecule has 1 aliphatic heterocycles. The number of benzene rings is 3. The number of ether oxygens (including phenoxy) is 1. The summed E-state index contributed by atoms with van der Waals surface area (Å²) in [7, 11) is 2.16. The number of hydrogen-bond acceptors (Lipinski definition) is 4. The fraction of sp³-hybridized carbons (Fsp3) is 0.172. The fourth-order valence-electron chi connectivity index (χ4n) is 3.64. The number of carbonyl (C=O) groups is 2. The maximum absolute atomic E-state index is 9.55. The lowest BCUT2D eigenvalue weighted by molar-refractivity contribution is -0.134. The average molecular weight is 472 g/mol. The summed E-state index contributed by atoms with van der Waals surface area (Å²) in [6.45, 7) is 2.69. The lowest BCUT2D eigenvalue weighted by atomic mass is 10.0. The third kappa shape index (κ3) is 8.61. The molecule has 0 aliphatic carbocycles. The van der Waals surface area contributed by atoms with Gasteiger partial charge in [-0.3, -0.25) is 4.90 Å². The van der Waals surface area contributed by atoms with E-state index < -0.39 is 11.9 Å². The molecule has 6 nitrogen and oxygen atoms in total. The van der Waals surface area contributed by atoms with Crippen LogP contribution in [-0.2, 0) is 22.6 Å². The SMILES string of the molecule is CN(C/C=C/c1ccc(-c2ccccc2)cc1)Cc1ccc2c(c1)CCO2.O=C(O)/C=C\C(=O)O. The quantitative estimate of drug-likeness (QED) is 0.442. The molecular weight excluding hydrogens is 442 g/mol. The summed E-state index contributed by atoms with van der Waals surface area (Å²) in [4.78, 5) is 21.4. The van der Waals surface area contributed by atoms with Crippen LogP contribution in [0.2, 0.25) is 0 Å². The number of fused-ring (bicyclic) bond motifs is 1. The van der Waals surface area contributed by atoms with E-state index in [-0.39, 0.29) is 0 Å². The molecule has 0 saturated carbocycles. The molecule has 0 saturated heterocycles. The number of carboxylic acids is 2. The predicted molar refractivity (Wildman–Crippen MR) is 137 cm³/mol. The lowest BCUT2D eigenvalue weighted by Crippen LogP contribution is -2.17. The smallest absolute Gasteiger partial charge is 0.328 e. The lowest BCUT2D eigenvalue weighted by Gasteiger charge is -2.15. The monoisotopic (exact) mass is 471 g/mol. The Balaban J connectivity index is 0.000000371. The number of likely N-dealkylation sites (N-methyl/N-ethyl adjacent to an activating group) is 1. The Kier molecular flexibility index (Phi) is 9.39. The van der Waals surface area contributed by atoms with Gasteiger partial charge < -0.3 is 14.9 Å². The second kappa shape index (κ2) is 12.9. The van der Waals surface area contributed by atoms with Crippen molar-refractivity contribution < 1.29 is 24.5 Å². The van der Waals surface area contributed by atoms with Crippen LogP contribution in [0.3, 0.4) is 0 Å². The molecule has 0 unspecified atom stereocenters. The molecule has 180 valence electrons. The first-order chi connectivity index (χ1) is 16.9. The van der Waals surface area contributed by atoms with Crippen LogP contribution in [-0.4, -0.2) is 47.3 Å². The van der Waals surface area contributed by atoms with E-state index in [0.717, 1.165) is 31.9 Å². The van der Waals surface area contributed by atoms with Gasteiger partial charge in [-0.2, -0.15) is 0 Å². The molecule has 0 spiro atoms.